The Morgan fingerprint density at radius 3 is 2.82 bits per heavy atom. The van der Waals surface area contributed by atoms with Gasteiger partial charge in [-0.2, -0.15) is 0 Å². The lowest BCUT2D eigenvalue weighted by molar-refractivity contribution is -0.384. The highest BCUT2D eigenvalue weighted by Gasteiger charge is 2.27. The molecule has 0 saturated heterocycles. The predicted octanol–water partition coefficient (Wildman–Crippen LogP) is 2.79. The maximum absolute atomic E-state index is 12.3. The Bertz CT molecular complexity index is 809. The highest BCUT2D eigenvalue weighted by atomic mass is 16.6. The molecule has 0 unspecified atom stereocenters. The fraction of sp³-hybridized carbons (Fsp3) is 0.375. The van der Waals surface area contributed by atoms with Crippen molar-refractivity contribution in [1.82, 2.24) is 9.55 Å². The van der Waals surface area contributed by atoms with Crippen LogP contribution in [-0.2, 0) is 13.0 Å². The summed E-state index contributed by atoms with van der Waals surface area (Å²) in [5, 5.41) is 10.9. The average molecular weight is 299 g/mol. The summed E-state index contributed by atoms with van der Waals surface area (Å²) in [6.45, 7) is 4.98. The van der Waals surface area contributed by atoms with Crippen molar-refractivity contribution < 1.29 is 4.92 Å². The van der Waals surface area contributed by atoms with Gasteiger partial charge in [0.2, 0.25) is 0 Å². The molecule has 2 aromatic rings. The van der Waals surface area contributed by atoms with Crippen molar-refractivity contribution in [3.8, 4) is 11.3 Å². The maximum atomic E-state index is 12.3. The van der Waals surface area contributed by atoms with E-state index in [0.717, 1.165) is 18.7 Å². The minimum Gasteiger partial charge on any atom is -0.297 e. The van der Waals surface area contributed by atoms with Crippen LogP contribution >= 0.6 is 0 Å². The molecular formula is C16H17N3O3. The minimum absolute atomic E-state index is 0.00236. The lowest BCUT2D eigenvalue weighted by Crippen LogP contribution is -2.34. The second kappa shape index (κ2) is 5.05. The van der Waals surface area contributed by atoms with Crippen molar-refractivity contribution in [3.63, 3.8) is 0 Å². The molecule has 0 fully saturated rings. The average Bonchev–Trinajstić information content (AvgIpc) is 2.45. The molecule has 0 spiro atoms. The van der Waals surface area contributed by atoms with Gasteiger partial charge in [0.15, 0.2) is 0 Å². The fourth-order valence-electron chi connectivity index (χ4n) is 2.79. The largest absolute Gasteiger partial charge is 0.297 e. The number of non-ortho nitro benzene ring substituents is 1. The van der Waals surface area contributed by atoms with Crippen molar-refractivity contribution in [2.75, 3.05) is 0 Å². The topological polar surface area (TPSA) is 78.0 Å². The molecule has 6 heteroatoms. The van der Waals surface area contributed by atoms with Gasteiger partial charge in [-0.25, -0.2) is 4.98 Å². The number of nitrogens with zero attached hydrogens (tertiary/aromatic N) is 3. The first-order valence-electron chi connectivity index (χ1n) is 7.21. The molecule has 6 nitrogen and oxygen atoms in total. The highest BCUT2D eigenvalue weighted by molar-refractivity contribution is 5.62. The fourth-order valence-corrected chi connectivity index (χ4v) is 2.79. The third-order valence-corrected chi connectivity index (χ3v) is 4.09. The Balaban J connectivity index is 2.10. The lowest BCUT2D eigenvalue weighted by atomic mass is 9.83. The molecule has 1 aromatic heterocycles. The van der Waals surface area contributed by atoms with Crippen molar-refractivity contribution in [3.05, 3.63) is 56.6 Å². The van der Waals surface area contributed by atoms with Gasteiger partial charge in [0.05, 0.1) is 10.6 Å². The van der Waals surface area contributed by atoms with Gasteiger partial charge in [-0.1, -0.05) is 26.0 Å². The van der Waals surface area contributed by atoms with Crippen molar-refractivity contribution in [2.24, 2.45) is 5.41 Å². The number of aromatic nitrogens is 2. The first-order valence-corrected chi connectivity index (χ1v) is 7.21. The Labute approximate surface area is 127 Å². The zero-order valence-electron chi connectivity index (χ0n) is 12.6. The van der Waals surface area contributed by atoms with E-state index in [9.17, 15) is 14.9 Å². The number of benzene rings is 1. The lowest BCUT2D eigenvalue weighted by Gasteiger charge is -2.31. The third kappa shape index (κ3) is 2.64. The van der Waals surface area contributed by atoms with Crippen LogP contribution in [0.25, 0.3) is 11.3 Å². The maximum Gasteiger partial charge on any atom is 0.270 e. The highest BCUT2D eigenvalue weighted by Crippen LogP contribution is 2.30. The molecule has 0 saturated carbocycles. The summed E-state index contributed by atoms with van der Waals surface area (Å²) in [6, 6.07) is 7.68. The minimum atomic E-state index is -0.447. The summed E-state index contributed by atoms with van der Waals surface area (Å²) in [5.74, 6) is 0.755. The van der Waals surface area contributed by atoms with Crippen molar-refractivity contribution in [2.45, 2.75) is 33.2 Å². The SMILES string of the molecule is CC1(C)CCn2c(nc(-c3cccc([N+](=O)[O-])c3)cc2=O)C1. The second-order valence-electron chi connectivity index (χ2n) is 6.45. The van der Waals surface area contributed by atoms with Gasteiger partial charge in [0.1, 0.15) is 5.82 Å². The zero-order chi connectivity index (χ0) is 15.9. The molecule has 1 aromatic carbocycles. The van der Waals surface area contributed by atoms with E-state index in [2.05, 4.69) is 18.8 Å². The van der Waals surface area contributed by atoms with Crippen LogP contribution in [0.4, 0.5) is 5.69 Å². The van der Waals surface area contributed by atoms with Crippen LogP contribution in [0.2, 0.25) is 0 Å². The van der Waals surface area contributed by atoms with E-state index < -0.39 is 4.92 Å². The van der Waals surface area contributed by atoms with Gasteiger partial charge in [0.25, 0.3) is 11.2 Å². The zero-order valence-corrected chi connectivity index (χ0v) is 12.6. The molecule has 22 heavy (non-hydrogen) atoms. The van der Waals surface area contributed by atoms with E-state index in [1.807, 2.05) is 0 Å². The first kappa shape index (κ1) is 14.4. The van der Waals surface area contributed by atoms with Crippen LogP contribution in [0.3, 0.4) is 0 Å². The monoisotopic (exact) mass is 299 g/mol. The van der Waals surface area contributed by atoms with Crippen molar-refractivity contribution in [1.29, 1.82) is 0 Å². The Kier molecular flexibility index (Phi) is 3.31. The van der Waals surface area contributed by atoms with E-state index in [1.165, 1.54) is 18.2 Å². The van der Waals surface area contributed by atoms with Gasteiger partial charge in [-0.05, 0) is 11.8 Å². The van der Waals surface area contributed by atoms with Gasteiger partial charge in [-0.15, -0.1) is 0 Å². The molecule has 0 amide bonds. The molecule has 0 N–H and O–H groups in total. The van der Waals surface area contributed by atoms with E-state index in [4.69, 9.17) is 0 Å². The number of fused-ring (bicyclic) bond motifs is 1. The van der Waals surface area contributed by atoms with Gasteiger partial charge >= 0.3 is 0 Å². The summed E-state index contributed by atoms with van der Waals surface area (Å²) in [4.78, 5) is 27.3. The van der Waals surface area contributed by atoms with E-state index in [-0.39, 0.29) is 16.7 Å². The number of hydrogen-bond donors (Lipinski definition) is 0. The molecule has 1 aliphatic heterocycles. The van der Waals surface area contributed by atoms with E-state index >= 15 is 0 Å². The summed E-state index contributed by atoms with van der Waals surface area (Å²) >= 11 is 0. The molecule has 1 aliphatic rings. The molecule has 3 rings (SSSR count). The quantitative estimate of drug-likeness (QED) is 0.631. The van der Waals surface area contributed by atoms with Crippen LogP contribution in [0.1, 0.15) is 26.1 Å². The molecule has 114 valence electrons. The molecular weight excluding hydrogens is 282 g/mol. The predicted molar refractivity (Wildman–Crippen MR) is 82.7 cm³/mol. The second-order valence-corrected chi connectivity index (χ2v) is 6.45. The van der Waals surface area contributed by atoms with Gasteiger partial charge in [0, 0.05) is 36.7 Å². The summed E-state index contributed by atoms with van der Waals surface area (Å²) in [7, 11) is 0. The van der Waals surface area contributed by atoms with E-state index in [1.54, 1.807) is 16.7 Å². The van der Waals surface area contributed by atoms with Crippen LogP contribution in [0, 0.1) is 15.5 Å². The Morgan fingerprint density at radius 2 is 2.09 bits per heavy atom. The Hall–Kier alpha value is -2.50. The number of rotatable bonds is 2. The molecule has 0 aliphatic carbocycles. The summed E-state index contributed by atoms with van der Waals surface area (Å²) in [6.07, 6.45) is 1.67. The number of nitro groups is 1. The molecule has 0 bridgehead atoms. The van der Waals surface area contributed by atoms with Gasteiger partial charge < -0.3 is 0 Å². The molecule has 0 radical (unpaired) electrons. The van der Waals surface area contributed by atoms with Gasteiger partial charge in [-0.3, -0.25) is 19.5 Å². The summed E-state index contributed by atoms with van der Waals surface area (Å²) < 4.78 is 1.70. The van der Waals surface area contributed by atoms with Crippen LogP contribution in [0.5, 0.6) is 0 Å². The standard InChI is InChI=1S/C16H17N3O3/c1-16(2)6-7-18-14(10-16)17-13(9-15(18)20)11-4-3-5-12(8-11)19(21)22/h3-5,8-9H,6-7,10H2,1-2H3. The Morgan fingerprint density at radius 1 is 1.32 bits per heavy atom. The van der Waals surface area contributed by atoms with E-state index in [0.29, 0.717) is 17.8 Å². The molecule has 0 atom stereocenters. The number of hydrogen-bond acceptors (Lipinski definition) is 4. The van der Waals surface area contributed by atoms with Crippen LogP contribution < -0.4 is 5.56 Å². The smallest absolute Gasteiger partial charge is 0.270 e. The van der Waals surface area contributed by atoms with Crippen LogP contribution in [-0.4, -0.2) is 14.5 Å². The third-order valence-electron chi connectivity index (χ3n) is 4.09. The number of nitro benzene ring substituents is 1. The molecule has 2 heterocycles. The van der Waals surface area contributed by atoms with Crippen molar-refractivity contribution >= 4 is 5.69 Å². The normalized spacial score (nSPS) is 16.1. The van der Waals surface area contributed by atoms with Crippen LogP contribution in [0.15, 0.2) is 35.1 Å². The first-order chi connectivity index (χ1) is 10.4. The summed E-state index contributed by atoms with van der Waals surface area (Å²) in [5.41, 5.74) is 1.11.